The van der Waals surface area contributed by atoms with E-state index >= 15 is 0 Å². The van der Waals surface area contributed by atoms with Crippen LogP contribution in [-0.2, 0) is 0 Å². The number of H-pyrrole nitrogens is 1. The second kappa shape index (κ2) is 4.41. The third-order valence-corrected chi connectivity index (χ3v) is 3.39. The zero-order chi connectivity index (χ0) is 12.5. The molecule has 0 bridgehead atoms. The molecular formula is C11H15N5O2. The Kier molecular flexibility index (Phi) is 2.75. The summed E-state index contributed by atoms with van der Waals surface area (Å²) in [6.45, 7) is 0.969. The maximum Gasteiger partial charge on any atom is 0.364 e. The van der Waals surface area contributed by atoms with Crippen LogP contribution in [0.1, 0.15) is 19.3 Å². The van der Waals surface area contributed by atoms with Crippen LogP contribution in [0.2, 0.25) is 0 Å². The van der Waals surface area contributed by atoms with Gasteiger partial charge < -0.3 is 10.0 Å². The van der Waals surface area contributed by atoms with Crippen LogP contribution in [0.25, 0.3) is 5.65 Å². The van der Waals surface area contributed by atoms with Crippen LogP contribution >= 0.6 is 0 Å². The first-order chi connectivity index (χ1) is 8.79. The molecule has 1 unspecified atom stereocenters. The fourth-order valence-electron chi connectivity index (χ4n) is 2.44. The van der Waals surface area contributed by atoms with E-state index in [1.54, 1.807) is 6.07 Å². The van der Waals surface area contributed by atoms with Crippen LogP contribution in [0.4, 0.5) is 5.82 Å². The monoisotopic (exact) mass is 249 g/mol. The van der Waals surface area contributed by atoms with E-state index in [1.807, 2.05) is 6.07 Å². The quantitative estimate of drug-likeness (QED) is 0.767. The van der Waals surface area contributed by atoms with Gasteiger partial charge in [-0.05, 0) is 31.4 Å². The molecule has 0 aliphatic carbocycles. The van der Waals surface area contributed by atoms with Crippen molar-refractivity contribution in [3.05, 3.63) is 22.6 Å². The zero-order valence-corrected chi connectivity index (χ0v) is 9.91. The van der Waals surface area contributed by atoms with Crippen LogP contribution in [0.15, 0.2) is 16.9 Å². The number of aliphatic hydroxyl groups excluding tert-OH is 1. The molecule has 2 aromatic heterocycles. The van der Waals surface area contributed by atoms with Gasteiger partial charge >= 0.3 is 5.69 Å². The smallest absolute Gasteiger partial charge is 0.364 e. The van der Waals surface area contributed by atoms with Gasteiger partial charge in [-0.2, -0.15) is 9.61 Å². The van der Waals surface area contributed by atoms with Crippen molar-refractivity contribution in [2.24, 2.45) is 0 Å². The predicted molar refractivity (Wildman–Crippen MR) is 65.7 cm³/mol. The molecule has 1 aliphatic heterocycles. The minimum atomic E-state index is -0.343. The number of aliphatic hydroxyl groups is 1. The van der Waals surface area contributed by atoms with Crippen LogP contribution in [0, 0.1) is 0 Å². The van der Waals surface area contributed by atoms with E-state index in [1.165, 1.54) is 4.52 Å². The van der Waals surface area contributed by atoms with Gasteiger partial charge in [0.25, 0.3) is 0 Å². The molecule has 1 atom stereocenters. The molecule has 0 spiro atoms. The average Bonchev–Trinajstić information content (AvgIpc) is 2.80. The molecule has 2 aromatic rings. The number of fused-ring (bicyclic) bond motifs is 1. The van der Waals surface area contributed by atoms with E-state index in [-0.39, 0.29) is 18.3 Å². The SMILES string of the molecule is O=c1[nH]nc2ccc(N3CCCCC3CO)nn12. The Morgan fingerprint density at radius 1 is 1.44 bits per heavy atom. The maximum atomic E-state index is 11.5. The number of piperidine rings is 1. The predicted octanol–water partition coefficient (Wildman–Crippen LogP) is -0.231. The van der Waals surface area contributed by atoms with Gasteiger partial charge in [-0.3, -0.25) is 0 Å². The van der Waals surface area contributed by atoms with Crippen molar-refractivity contribution in [1.82, 2.24) is 19.8 Å². The molecule has 0 saturated carbocycles. The number of anilines is 1. The molecule has 0 aromatic carbocycles. The molecule has 2 N–H and O–H groups in total. The van der Waals surface area contributed by atoms with E-state index in [2.05, 4.69) is 20.2 Å². The summed E-state index contributed by atoms with van der Waals surface area (Å²) in [5.41, 5.74) is 0.158. The Balaban J connectivity index is 2.01. The molecule has 3 heterocycles. The van der Waals surface area contributed by atoms with Crippen molar-refractivity contribution in [2.45, 2.75) is 25.3 Å². The summed E-state index contributed by atoms with van der Waals surface area (Å²) >= 11 is 0. The molecule has 1 aliphatic rings. The number of nitrogens with one attached hydrogen (secondary N) is 1. The molecule has 7 nitrogen and oxygen atoms in total. The van der Waals surface area contributed by atoms with Gasteiger partial charge in [0, 0.05) is 6.54 Å². The van der Waals surface area contributed by atoms with Crippen LogP contribution < -0.4 is 10.6 Å². The lowest BCUT2D eigenvalue weighted by Crippen LogP contribution is -2.42. The molecule has 96 valence electrons. The van der Waals surface area contributed by atoms with Gasteiger partial charge in [0.15, 0.2) is 5.65 Å². The van der Waals surface area contributed by atoms with E-state index in [0.29, 0.717) is 11.5 Å². The topological polar surface area (TPSA) is 86.5 Å². The first kappa shape index (κ1) is 11.2. The Morgan fingerprint density at radius 2 is 2.33 bits per heavy atom. The zero-order valence-electron chi connectivity index (χ0n) is 9.91. The number of aromatic amines is 1. The second-order valence-electron chi connectivity index (χ2n) is 4.52. The van der Waals surface area contributed by atoms with Crippen molar-refractivity contribution in [3.8, 4) is 0 Å². The lowest BCUT2D eigenvalue weighted by atomic mass is 10.0. The maximum absolute atomic E-state index is 11.5. The summed E-state index contributed by atoms with van der Waals surface area (Å²) in [4.78, 5) is 13.5. The van der Waals surface area contributed by atoms with Crippen molar-refractivity contribution >= 4 is 11.5 Å². The number of hydrogen-bond donors (Lipinski definition) is 2. The second-order valence-corrected chi connectivity index (χ2v) is 4.52. The summed E-state index contributed by atoms with van der Waals surface area (Å²) < 4.78 is 1.25. The van der Waals surface area contributed by atoms with Crippen LogP contribution in [-0.4, -0.2) is 44.1 Å². The summed E-state index contributed by atoms with van der Waals surface area (Å²) in [6.07, 6.45) is 3.16. The minimum Gasteiger partial charge on any atom is -0.394 e. The van der Waals surface area contributed by atoms with Crippen LogP contribution in [0.5, 0.6) is 0 Å². The summed E-state index contributed by atoms with van der Waals surface area (Å²) in [6, 6.07) is 3.68. The van der Waals surface area contributed by atoms with Gasteiger partial charge in [0.05, 0.1) is 12.6 Å². The molecule has 0 radical (unpaired) electrons. The van der Waals surface area contributed by atoms with E-state index in [0.717, 1.165) is 25.8 Å². The summed E-state index contributed by atoms with van der Waals surface area (Å²) in [7, 11) is 0. The highest BCUT2D eigenvalue weighted by atomic mass is 16.3. The molecule has 1 saturated heterocycles. The summed E-state index contributed by atoms with van der Waals surface area (Å²) in [5.74, 6) is 0.713. The highest BCUT2D eigenvalue weighted by Crippen LogP contribution is 2.22. The Bertz CT molecular complexity index is 605. The highest BCUT2D eigenvalue weighted by Gasteiger charge is 2.23. The first-order valence-corrected chi connectivity index (χ1v) is 6.11. The highest BCUT2D eigenvalue weighted by molar-refractivity contribution is 5.46. The largest absolute Gasteiger partial charge is 0.394 e. The molecule has 0 amide bonds. The van der Waals surface area contributed by atoms with Crippen LogP contribution in [0.3, 0.4) is 0 Å². The van der Waals surface area contributed by atoms with Gasteiger partial charge in [-0.15, -0.1) is 5.10 Å². The number of aromatic nitrogens is 4. The Morgan fingerprint density at radius 3 is 3.17 bits per heavy atom. The number of hydrogen-bond acceptors (Lipinski definition) is 5. The number of nitrogens with zero attached hydrogens (tertiary/aromatic N) is 4. The molecule has 7 heteroatoms. The fourth-order valence-corrected chi connectivity index (χ4v) is 2.44. The van der Waals surface area contributed by atoms with Gasteiger partial charge in [0.2, 0.25) is 0 Å². The average molecular weight is 249 g/mol. The van der Waals surface area contributed by atoms with Crippen molar-refractivity contribution < 1.29 is 5.11 Å². The molecule has 1 fully saturated rings. The van der Waals surface area contributed by atoms with Gasteiger partial charge in [0.1, 0.15) is 5.82 Å². The van der Waals surface area contributed by atoms with Crippen molar-refractivity contribution in [2.75, 3.05) is 18.1 Å². The van der Waals surface area contributed by atoms with Crippen molar-refractivity contribution in [1.29, 1.82) is 0 Å². The van der Waals surface area contributed by atoms with Gasteiger partial charge in [-0.25, -0.2) is 9.89 Å². The number of rotatable bonds is 2. The van der Waals surface area contributed by atoms with Gasteiger partial charge in [-0.1, -0.05) is 0 Å². The normalized spacial score (nSPS) is 20.5. The molecule has 18 heavy (non-hydrogen) atoms. The third kappa shape index (κ3) is 1.76. The van der Waals surface area contributed by atoms with E-state index in [9.17, 15) is 9.90 Å². The van der Waals surface area contributed by atoms with Crippen molar-refractivity contribution in [3.63, 3.8) is 0 Å². The fraction of sp³-hybridized carbons (Fsp3) is 0.545. The molecular weight excluding hydrogens is 234 g/mol. The van der Waals surface area contributed by atoms with E-state index < -0.39 is 0 Å². The Labute approximate surface area is 103 Å². The standard InChI is InChI=1S/C11H15N5O2/c17-7-8-3-1-2-6-15(8)10-5-4-9-12-13-11(18)16(9)14-10/h4-5,8,17H,1-3,6-7H2,(H,13,18). The summed E-state index contributed by atoms with van der Waals surface area (Å²) in [5, 5.41) is 19.9. The lowest BCUT2D eigenvalue weighted by Gasteiger charge is -2.35. The molecule has 3 rings (SSSR count). The lowest BCUT2D eigenvalue weighted by molar-refractivity contribution is 0.239. The third-order valence-electron chi connectivity index (χ3n) is 3.39. The Hall–Kier alpha value is -1.89. The first-order valence-electron chi connectivity index (χ1n) is 6.11. The minimum absolute atomic E-state index is 0.0892. The van der Waals surface area contributed by atoms with E-state index in [4.69, 9.17) is 0 Å².